The number of alkyl halides is 1. The number of aromatic nitrogens is 6. The van der Waals surface area contributed by atoms with Gasteiger partial charge in [-0.05, 0) is 18.2 Å². The Morgan fingerprint density at radius 1 is 1.35 bits per heavy atom. The summed E-state index contributed by atoms with van der Waals surface area (Å²) in [5, 5.41) is 12.5. The summed E-state index contributed by atoms with van der Waals surface area (Å²) in [4.78, 5) is 9.60. The molecule has 0 saturated heterocycles. The number of fused-ring (bicyclic) bond motifs is 2. The van der Waals surface area contributed by atoms with E-state index in [1.807, 2.05) is 49.1 Å². The van der Waals surface area contributed by atoms with E-state index in [0.29, 0.717) is 6.54 Å². The highest BCUT2D eigenvalue weighted by atomic mass is 31.0. The second-order valence-corrected chi connectivity index (χ2v) is 6.66. The van der Waals surface area contributed by atoms with E-state index in [2.05, 4.69) is 25.3 Å². The first-order valence-corrected chi connectivity index (χ1v) is 8.83. The predicted octanol–water partition coefficient (Wildman–Crippen LogP) is 2.44. The monoisotopic (exact) mass is 371 g/mol. The number of hydrogen-bond donors (Lipinski definition) is 1. The molecule has 4 aromatic heterocycles. The van der Waals surface area contributed by atoms with Gasteiger partial charge in [0.05, 0.1) is 23.2 Å². The Morgan fingerprint density at radius 3 is 3.08 bits per heavy atom. The molecule has 10 heteroatoms. The van der Waals surface area contributed by atoms with Crippen molar-refractivity contribution in [1.82, 2.24) is 29.8 Å². The predicted molar refractivity (Wildman–Crippen MR) is 94.5 cm³/mol. The molecule has 0 amide bonds. The Morgan fingerprint density at radius 2 is 2.27 bits per heavy atom. The van der Waals surface area contributed by atoms with Crippen LogP contribution in [0.25, 0.3) is 5.52 Å². The molecule has 0 spiro atoms. The second kappa shape index (κ2) is 5.88. The average molecular weight is 371 g/mol. The second-order valence-electron chi connectivity index (χ2n) is 6.08. The zero-order valence-electron chi connectivity index (χ0n) is 13.6. The van der Waals surface area contributed by atoms with Crippen molar-refractivity contribution in [2.45, 2.75) is 18.4 Å². The van der Waals surface area contributed by atoms with Gasteiger partial charge in [-0.25, -0.2) is 13.9 Å². The van der Waals surface area contributed by atoms with Gasteiger partial charge in [0.2, 0.25) is 0 Å². The van der Waals surface area contributed by atoms with E-state index in [1.165, 1.54) is 0 Å². The number of imidazole rings is 1. The van der Waals surface area contributed by atoms with Crippen LogP contribution in [0.1, 0.15) is 34.9 Å². The maximum atomic E-state index is 13.5. The van der Waals surface area contributed by atoms with Crippen molar-refractivity contribution >= 4 is 20.8 Å². The van der Waals surface area contributed by atoms with Crippen LogP contribution in [0.15, 0.2) is 41.2 Å². The zero-order valence-corrected chi connectivity index (χ0v) is 14.7. The van der Waals surface area contributed by atoms with Gasteiger partial charge >= 0.3 is 6.01 Å². The molecule has 0 aromatic carbocycles. The molecule has 5 rings (SSSR count). The molecule has 1 aliphatic rings. The van der Waals surface area contributed by atoms with Crippen LogP contribution in [0.3, 0.4) is 0 Å². The van der Waals surface area contributed by atoms with E-state index < -0.39 is 5.91 Å². The molecule has 26 heavy (non-hydrogen) atoms. The Bertz CT molecular complexity index is 1040. The molecule has 5 heterocycles. The zero-order chi connectivity index (χ0) is 17.7. The highest BCUT2D eigenvalue weighted by Crippen LogP contribution is 2.37. The molecule has 1 aliphatic heterocycles. The third-order valence-electron chi connectivity index (χ3n) is 4.51. The summed E-state index contributed by atoms with van der Waals surface area (Å²) in [6.07, 6.45) is 4.32. The van der Waals surface area contributed by atoms with Crippen LogP contribution in [-0.2, 0) is 6.42 Å². The quantitative estimate of drug-likeness (QED) is 0.557. The number of H-pyrrole nitrogens is 1. The fourth-order valence-corrected chi connectivity index (χ4v) is 3.46. The van der Waals surface area contributed by atoms with Gasteiger partial charge in [-0.1, -0.05) is 20.4 Å². The third-order valence-corrected chi connectivity index (χ3v) is 4.79. The lowest BCUT2D eigenvalue weighted by Crippen LogP contribution is -2.36. The van der Waals surface area contributed by atoms with Crippen molar-refractivity contribution in [3.8, 4) is 0 Å². The van der Waals surface area contributed by atoms with Crippen LogP contribution in [0, 0.1) is 0 Å². The fourth-order valence-electron chi connectivity index (χ4n) is 3.33. The maximum absolute atomic E-state index is 13.5. The number of hydrogen-bond acceptors (Lipinski definition) is 6. The maximum Gasteiger partial charge on any atom is 0.319 e. The largest absolute Gasteiger partial charge is 0.404 e. The molecular weight excluding hydrogens is 356 g/mol. The number of nitrogens with one attached hydrogen (secondary N) is 1. The van der Waals surface area contributed by atoms with E-state index in [1.54, 1.807) is 6.33 Å². The summed E-state index contributed by atoms with van der Waals surface area (Å²) in [5.74, 6) is -1.46. The Kier molecular flexibility index (Phi) is 3.49. The molecule has 0 radical (unpaired) electrons. The molecule has 0 saturated carbocycles. The van der Waals surface area contributed by atoms with Gasteiger partial charge in [0.15, 0.2) is 5.91 Å². The first-order valence-electron chi connectivity index (χ1n) is 8.17. The summed E-state index contributed by atoms with van der Waals surface area (Å²) >= 11 is 0. The number of halogens is 1. The summed E-state index contributed by atoms with van der Waals surface area (Å²) in [6.45, 7) is 0.628. The lowest BCUT2D eigenvalue weighted by Gasteiger charge is -2.32. The van der Waals surface area contributed by atoms with Gasteiger partial charge in [-0.2, -0.15) is 5.10 Å². The summed E-state index contributed by atoms with van der Waals surface area (Å²) in [7, 11) is 2.01. The van der Waals surface area contributed by atoms with Gasteiger partial charge in [0.25, 0.3) is 5.89 Å². The van der Waals surface area contributed by atoms with Crippen molar-refractivity contribution < 1.29 is 8.81 Å². The van der Waals surface area contributed by atoms with Gasteiger partial charge in [0.1, 0.15) is 6.04 Å². The molecule has 1 N–H and O–H groups in total. The topological polar surface area (TPSA) is 88.1 Å². The summed E-state index contributed by atoms with van der Waals surface area (Å²) < 4.78 is 20.8. The summed E-state index contributed by atoms with van der Waals surface area (Å²) in [5.41, 5.74) is 3.70. The van der Waals surface area contributed by atoms with Crippen molar-refractivity contribution in [1.29, 1.82) is 0 Å². The van der Waals surface area contributed by atoms with Gasteiger partial charge in [0, 0.05) is 24.9 Å². The van der Waals surface area contributed by atoms with Crippen LogP contribution in [0.2, 0.25) is 0 Å². The van der Waals surface area contributed by atoms with Crippen molar-refractivity contribution in [3.63, 3.8) is 0 Å². The van der Waals surface area contributed by atoms with E-state index in [-0.39, 0.29) is 17.9 Å². The highest BCUT2D eigenvalue weighted by Gasteiger charge is 2.36. The Hall–Kier alpha value is -2.80. The lowest BCUT2D eigenvalue weighted by molar-refractivity contribution is 0.365. The number of nitrogens with zero attached hydrogens (tertiary/aromatic N) is 6. The van der Waals surface area contributed by atoms with Gasteiger partial charge < -0.3 is 14.3 Å². The van der Waals surface area contributed by atoms with E-state index in [4.69, 9.17) is 4.42 Å². The average Bonchev–Trinajstić information content (AvgIpc) is 3.37. The smallest absolute Gasteiger partial charge is 0.319 e. The van der Waals surface area contributed by atoms with Crippen LogP contribution >= 0.6 is 9.24 Å². The minimum atomic E-state index is -1.39. The Balaban J connectivity index is 1.63. The fraction of sp³-hybridized carbons (Fsp3) is 0.250. The highest BCUT2D eigenvalue weighted by molar-refractivity contribution is 7.16. The molecule has 0 aliphatic carbocycles. The first kappa shape index (κ1) is 15.5. The molecule has 132 valence electrons. The Labute approximate surface area is 149 Å². The molecule has 0 fully saturated rings. The van der Waals surface area contributed by atoms with Crippen LogP contribution in [0.4, 0.5) is 10.4 Å². The number of aromatic amines is 1. The minimum absolute atomic E-state index is 0.0634. The normalized spacial score (nSPS) is 18.2. The number of pyridine rings is 1. The van der Waals surface area contributed by atoms with Crippen molar-refractivity contribution in [2.24, 2.45) is 0 Å². The van der Waals surface area contributed by atoms with E-state index >= 15 is 0 Å². The van der Waals surface area contributed by atoms with Crippen LogP contribution in [-0.4, -0.2) is 36.3 Å². The minimum Gasteiger partial charge on any atom is -0.404 e. The SMILES string of the molecule is FC(P)c1nnc(N2CCc3[nH]cnc3[C@@H]2c2cc3ccccn3n2)o1. The molecule has 0 bridgehead atoms. The number of anilines is 1. The number of rotatable bonds is 3. The van der Waals surface area contributed by atoms with Crippen LogP contribution in [0.5, 0.6) is 0 Å². The van der Waals surface area contributed by atoms with Crippen molar-refractivity contribution in [3.05, 3.63) is 59.8 Å². The lowest BCUT2D eigenvalue weighted by atomic mass is 10.0. The van der Waals surface area contributed by atoms with E-state index in [0.717, 1.165) is 29.0 Å². The molecule has 8 nitrogen and oxygen atoms in total. The van der Waals surface area contributed by atoms with Crippen molar-refractivity contribution in [2.75, 3.05) is 11.4 Å². The first-order chi connectivity index (χ1) is 12.7. The third kappa shape index (κ3) is 2.39. The van der Waals surface area contributed by atoms with E-state index in [9.17, 15) is 4.39 Å². The standard InChI is InChI=1S/C16H15FN7OP/c17-14(26)15-20-21-16(25-15)23-6-4-10-12(19-8-18-10)13(23)11-7-9-3-1-2-5-24(9)22-11/h1-3,5,7-8,13-14H,4,6,26H2,(H,18,19)/t13-,14?/m0/s1. The molecule has 2 unspecified atom stereocenters. The van der Waals surface area contributed by atoms with Crippen LogP contribution < -0.4 is 4.90 Å². The summed E-state index contributed by atoms with van der Waals surface area (Å²) in [6, 6.07) is 7.85. The van der Waals surface area contributed by atoms with Gasteiger partial charge in [-0.15, -0.1) is 5.10 Å². The molecule has 4 aromatic rings. The van der Waals surface area contributed by atoms with Gasteiger partial charge in [-0.3, -0.25) is 0 Å². The molecular formula is C16H15FN7OP. The molecule has 3 atom stereocenters.